The van der Waals surface area contributed by atoms with Gasteiger partial charge in [0.05, 0.1) is 19.0 Å². The summed E-state index contributed by atoms with van der Waals surface area (Å²) in [6.45, 7) is 3.04. The Bertz CT molecular complexity index is 1070. The number of ether oxygens (including phenoxy) is 1. The van der Waals surface area contributed by atoms with Crippen LogP contribution in [0.25, 0.3) is 10.9 Å². The molecule has 0 atom stereocenters. The number of nitrogens with zero attached hydrogens (tertiary/aromatic N) is 5. The molecule has 2 heterocycles. The second kappa shape index (κ2) is 8.30. The van der Waals surface area contributed by atoms with Crippen molar-refractivity contribution in [2.75, 3.05) is 38.2 Å². The largest absolute Gasteiger partial charge is 0.497 e. The zero-order valence-corrected chi connectivity index (χ0v) is 16.3. The smallest absolute Gasteiger partial charge is 0.277 e. The minimum Gasteiger partial charge on any atom is -0.497 e. The van der Waals surface area contributed by atoms with E-state index in [0.29, 0.717) is 24.0 Å². The fraction of sp³-hybridized carbons (Fsp3) is 0.333. The van der Waals surface area contributed by atoms with E-state index in [1.807, 2.05) is 35.2 Å². The first-order valence-electron chi connectivity index (χ1n) is 9.65. The summed E-state index contributed by atoms with van der Waals surface area (Å²) in [6, 6.07) is 15.0. The van der Waals surface area contributed by atoms with Crippen LogP contribution in [0.5, 0.6) is 5.75 Å². The Labute approximate surface area is 168 Å². The van der Waals surface area contributed by atoms with Gasteiger partial charge in [-0.15, -0.1) is 5.10 Å². The summed E-state index contributed by atoms with van der Waals surface area (Å²) in [5.74, 6) is 0.847. The van der Waals surface area contributed by atoms with Crippen LogP contribution in [0.2, 0.25) is 0 Å². The van der Waals surface area contributed by atoms with E-state index in [2.05, 4.69) is 15.2 Å². The van der Waals surface area contributed by atoms with Gasteiger partial charge in [-0.25, -0.2) is 4.68 Å². The lowest BCUT2D eigenvalue weighted by molar-refractivity contribution is -0.131. The van der Waals surface area contributed by atoms with E-state index in [-0.39, 0.29) is 24.4 Å². The summed E-state index contributed by atoms with van der Waals surface area (Å²) in [5, 5.41) is 8.53. The van der Waals surface area contributed by atoms with Gasteiger partial charge >= 0.3 is 0 Å². The highest BCUT2D eigenvalue weighted by Crippen LogP contribution is 2.22. The summed E-state index contributed by atoms with van der Waals surface area (Å²) in [6.07, 6.45) is 0.228. The maximum absolute atomic E-state index is 12.6. The van der Waals surface area contributed by atoms with Gasteiger partial charge in [0.1, 0.15) is 11.3 Å². The van der Waals surface area contributed by atoms with Gasteiger partial charge in [0, 0.05) is 44.4 Å². The molecule has 8 nitrogen and oxygen atoms in total. The van der Waals surface area contributed by atoms with Crippen molar-refractivity contribution < 1.29 is 9.53 Å². The van der Waals surface area contributed by atoms with Crippen molar-refractivity contribution >= 4 is 22.5 Å². The van der Waals surface area contributed by atoms with E-state index in [1.54, 1.807) is 25.3 Å². The van der Waals surface area contributed by atoms with Crippen LogP contribution in [0, 0.1) is 0 Å². The number of amides is 1. The molecule has 0 N–H and O–H groups in total. The number of anilines is 1. The molecule has 1 saturated heterocycles. The molecule has 0 unspecified atom stereocenters. The number of hydrogen-bond acceptors (Lipinski definition) is 6. The molecule has 2 aromatic carbocycles. The average Bonchev–Trinajstić information content (AvgIpc) is 2.79. The first-order chi connectivity index (χ1) is 14.2. The van der Waals surface area contributed by atoms with Crippen LogP contribution in [0.3, 0.4) is 0 Å². The van der Waals surface area contributed by atoms with Crippen LogP contribution < -0.4 is 15.2 Å². The zero-order chi connectivity index (χ0) is 20.2. The number of methoxy groups -OCH3 is 1. The Morgan fingerprint density at radius 2 is 1.86 bits per heavy atom. The highest BCUT2D eigenvalue weighted by Gasteiger charge is 2.21. The van der Waals surface area contributed by atoms with Crippen molar-refractivity contribution in [3.05, 3.63) is 58.9 Å². The molecule has 0 spiro atoms. The Morgan fingerprint density at radius 3 is 2.66 bits per heavy atom. The summed E-state index contributed by atoms with van der Waals surface area (Å²) in [7, 11) is 1.65. The molecule has 0 aliphatic carbocycles. The second-order valence-electron chi connectivity index (χ2n) is 6.95. The van der Waals surface area contributed by atoms with Crippen LogP contribution in [0.15, 0.2) is 53.3 Å². The minimum atomic E-state index is -0.216. The third-order valence-electron chi connectivity index (χ3n) is 5.22. The van der Waals surface area contributed by atoms with E-state index < -0.39 is 0 Å². The van der Waals surface area contributed by atoms with Crippen LogP contribution in [-0.4, -0.2) is 59.1 Å². The number of aryl methyl sites for hydroxylation is 1. The molecule has 1 aliphatic rings. The fourth-order valence-electron chi connectivity index (χ4n) is 3.55. The summed E-state index contributed by atoms with van der Waals surface area (Å²) in [4.78, 5) is 29.2. The maximum Gasteiger partial charge on any atom is 0.277 e. The Hall–Kier alpha value is -3.42. The van der Waals surface area contributed by atoms with Crippen molar-refractivity contribution in [3.8, 4) is 5.75 Å². The summed E-state index contributed by atoms with van der Waals surface area (Å²) in [5.41, 5.74) is 1.44. The topological polar surface area (TPSA) is 80.6 Å². The monoisotopic (exact) mass is 393 g/mol. The molecule has 29 heavy (non-hydrogen) atoms. The number of benzene rings is 2. The van der Waals surface area contributed by atoms with Crippen molar-refractivity contribution in [2.24, 2.45) is 0 Å². The predicted octanol–water partition coefficient (Wildman–Crippen LogP) is 1.54. The molecule has 4 rings (SSSR count). The highest BCUT2D eigenvalue weighted by molar-refractivity contribution is 5.77. The first kappa shape index (κ1) is 18.9. The Kier molecular flexibility index (Phi) is 5.41. The molecule has 0 bridgehead atoms. The molecule has 3 aromatic rings. The van der Waals surface area contributed by atoms with Gasteiger partial charge in [-0.05, 0) is 24.3 Å². The lowest BCUT2D eigenvalue weighted by Crippen LogP contribution is -2.49. The van der Waals surface area contributed by atoms with Crippen molar-refractivity contribution in [1.82, 2.24) is 19.9 Å². The number of rotatable bonds is 5. The van der Waals surface area contributed by atoms with E-state index in [9.17, 15) is 9.59 Å². The molecule has 150 valence electrons. The molecular formula is C21H23N5O3. The molecule has 1 fully saturated rings. The van der Waals surface area contributed by atoms with Crippen LogP contribution in [0.4, 0.5) is 5.69 Å². The van der Waals surface area contributed by atoms with Crippen molar-refractivity contribution in [1.29, 1.82) is 0 Å². The van der Waals surface area contributed by atoms with Gasteiger partial charge in [-0.2, -0.15) is 0 Å². The highest BCUT2D eigenvalue weighted by atomic mass is 16.5. The van der Waals surface area contributed by atoms with E-state index >= 15 is 0 Å². The number of piperazine rings is 1. The average molecular weight is 393 g/mol. The van der Waals surface area contributed by atoms with E-state index in [0.717, 1.165) is 24.5 Å². The third kappa shape index (κ3) is 4.06. The van der Waals surface area contributed by atoms with Crippen LogP contribution >= 0.6 is 0 Å². The van der Waals surface area contributed by atoms with Gasteiger partial charge in [0.25, 0.3) is 5.56 Å². The fourth-order valence-corrected chi connectivity index (χ4v) is 3.55. The molecule has 8 heteroatoms. The van der Waals surface area contributed by atoms with Gasteiger partial charge in [0.15, 0.2) is 0 Å². The lowest BCUT2D eigenvalue weighted by atomic mass is 10.2. The number of aromatic nitrogens is 3. The van der Waals surface area contributed by atoms with Crippen molar-refractivity contribution in [2.45, 2.75) is 13.0 Å². The second-order valence-corrected chi connectivity index (χ2v) is 6.95. The van der Waals surface area contributed by atoms with Crippen molar-refractivity contribution in [3.63, 3.8) is 0 Å². The maximum atomic E-state index is 12.6. The van der Waals surface area contributed by atoms with E-state index in [1.165, 1.54) is 4.68 Å². The molecular weight excluding hydrogens is 370 g/mol. The SMILES string of the molecule is COc1cccc(N2CCN(C(=O)CCn3nnc4ccccc4c3=O)CC2)c1. The Balaban J connectivity index is 1.34. The van der Waals surface area contributed by atoms with Gasteiger partial charge < -0.3 is 14.5 Å². The number of carbonyl (C=O) groups excluding carboxylic acids is 1. The van der Waals surface area contributed by atoms with Gasteiger partial charge in [-0.1, -0.05) is 23.4 Å². The standard InChI is InChI=1S/C21H23N5O3/c1-29-17-6-4-5-16(15-17)24-11-13-25(14-12-24)20(27)9-10-26-21(28)18-7-2-3-8-19(18)22-23-26/h2-8,15H,9-14H2,1H3. The Morgan fingerprint density at radius 1 is 1.07 bits per heavy atom. The minimum absolute atomic E-state index is 0.0251. The lowest BCUT2D eigenvalue weighted by Gasteiger charge is -2.36. The quantitative estimate of drug-likeness (QED) is 0.654. The number of carbonyl (C=O) groups is 1. The van der Waals surface area contributed by atoms with Crippen LogP contribution in [-0.2, 0) is 11.3 Å². The third-order valence-corrected chi connectivity index (χ3v) is 5.22. The normalized spacial score (nSPS) is 14.2. The first-order valence-corrected chi connectivity index (χ1v) is 9.65. The number of fused-ring (bicyclic) bond motifs is 1. The molecule has 1 aromatic heterocycles. The predicted molar refractivity (Wildman–Crippen MR) is 110 cm³/mol. The molecule has 1 aliphatic heterocycles. The molecule has 1 amide bonds. The van der Waals surface area contributed by atoms with Gasteiger partial charge in [-0.3, -0.25) is 9.59 Å². The van der Waals surface area contributed by atoms with Gasteiger partial charge in [0.2, 0.25) is 5.91 Å². The molecule has 0 saturated carbocycles. The number of hydrogen-bond donors (Lipinski definition) is 0. The van der Waals surface area contributed by atoms with E-state index in [4.69, 9.17) is 4.74 Å². The summed E-state index contributed by atoms with van der Waals surface area (Å²) >= 11 is 0. The summed E-state index contributed by atoms with van der Waals surface area (Å²) < 4.78 is 6.56. The van der Waals surface area contributed by atoms with Crippen LogP contribution in [0.1, 0.15) is 6.42 Å². The zero-order valence-electron chi connectivity index (χ0n) is 16.3. The molecule has 0 radical (unpaired) electrons.